The Morgan fingerprint density at radius 3 is 2.43 bits per heavy atom. The van der Waals surface area contributed by atoms with Gasteiger partial charge < -0.3 is 15.4 Å². The van der Waals surface area contributed by atoms with E-state index in [1.54, 1.807) is 19.4 Å². The van der Waals surface area contributed by atoms with E-state index in [-0.39, 0.29) is 17.6 Å². The molecule has 3 aromatic rings. The van der Waals surface area contributed by atoms with Gasteiger partial charge in [0.25, 0.3) is 5.91 Å². The summed E-state index contributed by atoms with van der Waals surface area (Å²) in [6.45, 7) is 5.89. The van der Waals surface area contributed by atoms with E-state index in [2.05, 4.69) is 15.6 Å². The Balaban J connectivity index is 1.54. The van der Waals surface area contributed by atoms with Crippen LogP contribution in [0.1, 0.15) is 53.9 Å². The second-order valence-electron chi connectivity index (χ2n) is 9.82. The number of carbonyl (C=O) groups excluding carboxylic acids is 2. The van der Waals surface area contributed by atoms with E-state index in [1.807, 2.05) is 75.4 Å². The number of benzene rings is 2. The van der Waals surface area contributed by atoms with Crippen molar-refractivity contribution in [3.8, 4) is 5.75 Å². The van der Waals surface area contributed by atoms with Gasteiger partial charge in [0.1, 0.15) is 11.6 Å². The zero-order valence-corrected chi connectivity index (χ0v) is 21.6. The number of ether oxygens (including phenoxy) is 1. The third-order valence-corrected chi connectivity index (χ3v) is 7.31. The molecule has 2 aromatic carbocycles. The molecule has 2 aliphatic rings. The number of methoxy groups -OCH3 is 1. The van der Waals surface area contributed by atoms with E-state index in [1.165, 1.54) is 0 Å². The van der Waals surface area contributed by atoms with Crippen LogP contribution in [0.2, 0.25) is 0 Å². The summed E-state index contributed by atoms with van der Waals surface area (Å²) in [5.74, 6) is 0.682. The van der Waals surface area contributed by atoms with Gasteiger partial charge in [0.15, 0.2) is 5.78 Å². The van der Waals surface area contributed by atoms with Crippen molar-refractivity contribution in [2.24, 2.45) is 0 Å². The maximum Gasteiger partial charge on any atom is 0.255 e. The molecule has 1 amide bonds. The van der Waals surface area contributed by atoms with Gasteiger partial charge in [-0.25, -0.2) is 4.98 Å². The number of anilines is 1. The van der Waals surface area contributed by atoms with Crippen LogP contribution in [0.15, 0.2) is 89.4 Å². The van der Waals surface area contributed by atoms with Crippen LogP contribution in [-0.2, 0) is 9.59 Å². The summed E-state index contributed by atoms with van der Waals surface area (Å²) in [4.78, 5) is 31.8. The van der Waals surface area contributed by atoms with Crippen LogP contribution in [0.25, 0.3) is 0 Å². The Hall–Kier alpha value is -4.19. The van der Waals surface area contributed by atoms with Gasteiger partial charge in [-0.15, -0.1) is 0 Å². The number of nitrogens with zero attached hydrogens (tertiary/aromatic N) is 1. The molecule has 0 spiro atoms. The number of Topliss-reactive ketones (excluding diaryl/α,β-unsaturated/α-hetero) is 1. The summed E-state index contributed by atoms with van der Waals surface area (Å²) in [6.07, 6.45) is 2.81. The standard InChI is InChI=1S/C31H31N3O3/c1-18-9-14-27(32-17-18)34-31(36)28-20(3)33-25-15-22(21-10-12-23(37-4)13-11-21)16-26(35)30(25)29(28)24-8-6-5-7-19(24)2/h5-14,17,22,29,33H,15-16H2,1-4H3,(H,32,34,36). The number of aromatic nitrogens is 1. The van der Waals surface area contributed by atoms with E-state index >= 15 is 0 Å². The zero-order chi connectivity index (χ0) is 26.1. The largest absolute Gasteiger partial charge is 0.497 e. The highest BCUT2D eigenvalue weighted by Gasteiger charge is 2.41. The lowest BCUT2D eigenvalue weighted by atomic mass is 9.71. The van der Waals surface area contributed by atoms with Gasteiger partial charge in [-0.1, -0.05) is 42.5 Å². The third kappa shape index (κ3) is 4.79. The van der Waals surface area contributed by atoms with Gasteiger partial charge in [0.2, 0.25) is 0 Å². The first kappa shape index (κ1) is 24.5. The SMILES string of the molecule is COc1ccc(C2CC(=O)C3=C(C2)NC(C)=C(C(=O)Nc2ccc(C)cn2)C3c2ccccc2C)cc1. The van der Waals surface area contributed by atoms with Crippen molar-refractivity contribution in [3.05, 3.63) is 112 Å². The van der Waals surface area contributed by atoms with E-state index < -0.39 is 5.92 Å². The van der Waals surface area contributed by atoms with Crippen LogP contribution >= 0.6 is 0 Å². The number of pyridine rings is 1. The predicted molar refractivity (Wildman–Crippen MR) is 144 cm³/mol. The van der Waals surface area contributed by atoms with Crippen molar-refractivity contribution in [3.63, 3.8) is 0 Å². The van der Waals surface area contributed by atoms with Crippen LogP contribution in [-0.4, -0.2) is 23.8 Å². The molecule has 0 fully saturated rings. The lowest BCUT2D eigenvalue weighted by Gasteiger charge is -2.37. The maximum atomic E-state index is 13.8. The van der Waals surface area contributed by atoms with Crippen LogP contribution in [0.3, 0.4) is 0 Å². The number of nitrogens with one attached hydrogen (secondary N) is 2. The Labute approximate surface area is 217 Å². The van der Waals surface area contributed by atoms with Gasteiger partial charge in [0.05, 0.1) is 7.11 Å². The normalized spacial score (nSPS) is 19.3. The maximum absolute atomic E-state index is 13.8. The van der Waals surface area contributed by atoms with Gasteiger partial charge in [-0.2, -0.15) is 0 Å². The monoisotopic (exact) mass is 493 g/mol. The third-order valence-electron chi connectivity index (χ3n) is 7.31. The molecule has 6 nitrogen and oxygen atoms in total. The molecule has 0 bridgehead atoms. The van der Waals surface area contributed by atoms with Crippen molar-refractivity contribution >= 4 is 17.5 Å². The molecular weight excluding hydrogens is 462 g/mol. The smallest absolute Gasteiger partial charge is 0.255 e. The minimum atomic E-state index is -0.452. The van der Waals surface area contributed by atoms with Gasteiger partial charge in [-0.05, 0) is 73.6 Å². The number of dihydropyridines is 1. The molecule has 0 saturated carbocycles. The first-order valence-corrected chi connectivity index (χ1v) is 12.5. The molecule has 2 atom stereocenters. The first-order valence-electron chi connectivity index (χ1n) is 12.5. The fourth-order valence-electron chi connectivity index (χ4n) is 5.40. The minimum absolute atomic E-state index is 0.0575. The Kier molecular flexibility index (Phi) is 6.66. The summed E-state index contributed by atoms with van der Waals surface area (Å²) < 4.78 is 5.30. The van der Waals surface area contributed by atoms with Crippen LogP contribution in [0.5, 0.6) is 5.75 Å². The molecule has 2 heterocycles. The molecule has 37 heavy (non-hydrogen) atoms. The van der Waals surface area contributed by atoms with Crippen molar-refractivity contribution in [1.82, 2.24) is 10.3 Å². The first-order chi connectivity index (χ1) is 17.9. The van der Waals surface area contributed by atoms with Crippen molar-refractivity contribution in [2.45, 2.75) is 45.4 Å². The highest BCUT2D eigenvalue weighted by molar-refractivity contribution is 6.09. The minimum Gasteiger partial charge on any atom is -0.497 e. The summed E-state index contributed by atoms with van der Waals surface area (Å²) >= 11 is 0. The number of amides is 1. The van der Waals surface area contributed by atoms with Gasteiger partial charge in [-0.3, -0.25) is 9.59 Å². The summed E-state index contributed by atoms with van der Waals surface area (Å²) in [5.41, 5.74) is 7.00. The Morgan fingerprint density at radius 2 is 1.76 bits per heavy atom. The number of ketones is 1. The molecule has 0 saturated heterocycles. The molecule has 2 unspecified atom stereocenters. The summed E-state index contributed by atoms with van der Waals surface area (Å²) in [5, 5.41) is 6.40. The topological polar surface area (TPSA) is 80.3 Å². The van der Waals surface area contributed by atoms with Crippen molar-refractivity contribution in [1.29, 1.82) is 0 Å². The van der Waals surface area contributed by atoms with Gasteiger partial charge in [0, 0.05) is 41.1 Å². The second-order valence-corrected chi connectivity index (χ2v) is 9.82. The number of carbonyl (C=O) groups is 2. The van der Waals surface area contributed by atoms with Crippen LogP contribution in [0, 0.1) is 13.8 Å². The summed E-state index contributed by atoms with van der Waals surface area (Å²) in [6, 6.07) is 19.6. The Bertz CT molecular complexity index is 1420. The van der Waals surface area contributed by atoms with Gasteiger partial charge >= 0.3 is 0 Å². The molecule has 1 aliphatic carbocycles. The molecule has 2 N–H and O–H groups in total. The lowest BCUT2D eigenvalue weighted by molar-refractivity contribution is -0.116. The fourth-order valence-corrected chi connectivity index (χ4v) is 5.40. The fraction of sp³-hybridized carbons (Fsp3) is 0.258. The highest BCUT2D eigenvalue weighted by Crippen LogP contribution is 2.46. The summed E-state index contributed by atoms with van der Waals surface area (Å²) in [7, 11) is 1.64. The Morgan fingerprint density at radius 1 is 1.00 bits per heavy atom. The van der Waals surface area contributed by atoms with E-state index in [0.717, 1.165) is 39.4 Å². The van der Waals surface area contributed by atoms with Crippen molar-refractivity contribution < 1.29 is 14.3 Å². The highest BCUT2D eigenvalue weighted by atomic mass is 16.5. The average Bonchev–Trinajstić information content (AvgIpc) is 2.89. The van der Waals surface area contributed by atoms with E-state index in [9.17, 15) is 9.59 Å². The average molecular weight is 494 g/mol. The molecular formula is C31H31N3O3. The molecule has 1 aliphatic heterocycles. The number of rotatable bonds is 5. The number of allylic oxidation sites excluding steroid dienone is 3. The predicted octanol–water partition coefficient (Wildman–Crippen LogP) is 5.71. The quantitative estimate of drug-likeness (QED) is 0.476. The molecule has 5 rings (SSSR count). The zero-order valence-electron chi connectivity index (χ0n) is 21.6. The van der Waals surface area contributed by atoms with E-state index in [0.29, 0.717) is 29.8 Å². The van der Waals surface area contributed by atoms with Crippen LogP contribution < -0.4 is 15.4 Å². The number of hydrogen-bond donors (Lipinski definition) is 2. The van der Waals surface area contributed by atoms with Crippen LogP contribution in [0.4, 0.5) is 5.82 Å². The van der Waals surface area contributed by atoms with E-state index in [4.69, 9.17) is 4.74 Å². The number of hydrogen-bond acceptors (Lipinski definition) is 5. The molecule has 6 heteroatoms. The molecule has 0 radical (unpaired) electrons. The molecule has 188 valence electrons. The number of aryl methyl sites for hydroxylation is 2. The lowest BCUT2D eigenvalue weighted by Crippen LogP contribution is -2.37. The second kappa shape index (κ2) is 10.1. The van der Waals surface area contributed by atoms with Crippen molar-refractivity contribution in [2.75, 3.05) is 12.4 Å². The molecule has 1 aromatic heterocycles.